The molecule has 4 rings (SSSR count). The van der Waals surface area contributed by atoms with Crippen molar-refractivity contribution < 1.29 is 23.8 Å². The van der Waals surface area contributed by atoms with E-state index in [0.717, 1.165) is 9.13 Å². The Labute approximate surface area is 281 Å². The van der Waals surface area contributed by atoms with Gasteiger partial charge in [0.2, 0.25) is 0 Å². The minimum absolute atomic E-state index is 0.223. The van der Waals surface area contributed by atoms with Crippen LogP contribution in [0.1, 0.15) is 36.6 Å². The first-order valence-corrected chi connectivity index (χ1v) is 15.7. The summed E-state index contributed by atoms with van der Waals surface area (Å²) in [5.41, 5.74) is 5.68. The lowest BCUT2D eigenvalue weighted by Gasteiger charge is -2.30. The summed E-state index contributed by atoms with van der Waals surface area (Å²) in [7, 11) is 0. The molecule has 1 amide bonds. The normalized spacial score (nSPS) is 14.6. The van der Waals surface area contributed by atoms with E-state index in [1.54, 1.807) is 50.2 Å². The molecule has 0 saturated carbocycles. The number of benzene rings is 3. The number of thiocarbonyl (C=S) groups is 1. The van der Waals surface area contributed by atoms with Crippen molar-refractivity contribution in [2.75, 3.05) is 13.2 Å². The van der Waals surface area contributed by atoms with Crippen molar-refractivity contribution in [3.05, 3.63) is 102 Å². The van der Waals surface area contributed by atoms with Crippen molar-refractivity contribution in [2.45, 2.75) is 26.5 Å². The van der Waals surface area contributed by atoms with Gasteiger partial charge in [0.05, 0.1) is 33.9 Å². The first kappa shape index (κ1) is 32.7. The summed E-state index contributed by atoms with van der Waals surface area (Å²) < 4.78 is 18.8. The molecule has 1 atom stereocenters. The van der Waals surface area contributed by atoms with E-state index >= 15 is 0 Å². The maximum atomic E-state index is 12.7. The zero-order valence-corrected chi connectivity index (χ0v) is 28.4. The zero-order chi connectivity index (χ0) is 30.9. The average molecular weight is 798 g/mol. The van der Waals surface area contributed by atoms with Crippen LogP contribution < -0.4 is 25.5 Å². The van der Waals surface area contributed by atoms with Crippen LogP contribution in [0, 0.1) is 3.57 Å². The minimum Gasteiger partial charge on any atom is -0.486 e. The van der Waals surface area contributed by atoms with Gasteiger partial charge in [-0.25, -0.2) is 10.2 Å². The largest absolute Gasteiger partial charge is 0.486 e. The first-order chi connectivity index (χ1) is 20.7. The standard InChI is InChI=1S/C30H27BrClIN4O5S/c1-3-40-29(39)26-17(2)35-30(43)36-27(26)21-6-4-5-7-24(21)41-16-25(38)37-34-14-19-12-22(31)28(23(32)13-19)42-15-18-8-10-20(33)11-9-18/h4-14,27H,3,15-16H2,1-2H3,(H,37,38)(H2,35,36,43)/t27-/m0/s1. The smallest absolute Gasteiger partial charge is 0.338 e. The Balaban J connectivity index is 1.37. The highest BCUT2D eigenvalue weighted by Gasteiger charge is 2.32. The third-order valence-corrected chi connectivity index (χ3v) is 7.88. The fourth-order valence-electron chi connectivity index (χ4n) is 4.14. The van der Waals surface area contributed by atoms with Gasteiger partial charge in [0.15, 0.2) is 17.5 Å². The molecule has 0 saturated heterocycles. The maximum absolute atomic E-state index is 12.7. The van der Waals surface area contributed by atoms with Crippen LogP contribution in [-0.4, -0.2) is 36.4 Å². The fraction of sp³-hybridized carbons (Fsp3) is 0.200. The highest BCUT2D eigenvalue weighted by Crippen LogP contribution is 2.35. The van der Waals surface area contributed by atoms with E-state index in [9.17, 15) is 9.59 Å². The van der Waals surface area contributed by atoms with E-state index < -0.39 is 17.9 Å². The van der Waals surface area contributed by atoms with Crippen LogP contribution in [0.3, 0.4) is 0 Å². The van der Waals surface area contributed by atoms with Crippen molar-refractivity contribution in [1.82, 2.24) is 16.1 Å². The molecule has 0 spiro atoms. The summed E-state index contributed by atoms with van der Waals surface area (Å²) in [5.74, 6) is -0.0601. The Morgan fingerprint density at radius 3 is 2.63 bits per heavy atom. The molecule has 224 valence electrons. The second-order valence-electron chi connectivity index (χ2n) is 9.14. The number of halogens is 3. The number of para-hydroxylation sites is 1. The van der Waals surface area contributed by atoms with Crippen molar-refractivity contribution >= 4 is 85.5 Å². The molecule has 3 N–H and O–H groups in total. The molecule has 13 heteroatoms. The first-order valence-electron chi connectivity index (χ1n) is 13.0. The summed E-state index contributed by atoms with van der Waals surface area (Å²) in [5, 5.41) is 10.8. The summed E-state index contributed by atoms with van der Waals surface area (Å²) >= 11 is 17.5. The van der Waals surface area contributed by atoms with E-state index in [4.69, 9.17) is 38.0 Å². The number of amides is 1. The van der Waals surface area contributed by atoms with Gasteiger partial charge in [-0.3, -0.25) is 4.79 Å². The van der Waals surface area contributed by atoms with Gasteiger partial charge in [-0.05, 0) is 106 Å². The van der Waals surface area contributed by atoms with E-state index in [-0.39, 0.29) is 13.2 Å². The Morgan fingerprint density at radius 2 is 1.91 bits per heavy atom. The summed E-state index contributed by atoms with van der Waals surface area (Å²) in [6, 6.07) is 17.9. The summed E-state index contributed by atoms with van der Waals surface area (Å²) in [6.07, 6.45) is 1.46. The lowest BCUT2D eigenvalue weighted by atomic mass is 9.95. The van der Waals surface area contributed by atoms with Crippen LogP contribution >= 0.6 is 62.3 Å². The lowest BCUT2D eigenvalue weighted by Crippen LogP contribution is -2.45. The van der Waals surface area contributed by atoms with Crippen LogP contribution in [0.25, 0.3) is 0 Å². The summed E-state index contributed by atoms with van der Waals surface area (Å²) in [4.78, 5) is 25.3. The van der Waals surface area contributed by atoms with E-state index in [2.05, 4.69) is 59.7 Å². The third kappa shape index (κ3) is 8.91. The predicted octanol–water partition coefficient (Wildman–Crippen LogP) is 6.17. The Hall–Kier alpha value is -3.20. The highest BCUT2D eigenvalue weighted by atomic mass is 127. The molecule has 1 aliphatic heterocycles. The van der Waals surface area contributed by atoms with Gasteiger partial charge < -0.3 is 24.8 Å². The Kier molecular flexibility index (Phi) is 11.8. The summed E-state index contributed by atoms with van der Waals surface area (Å²) in [6.45, 7) is 3.75. The number of carbonyl (C=O) groups is 2. The van der Waals surface area contributed by atoms with Gasteiger partial charge >= 0.3 is 5.97 Å². The number of rotatable bonds is 11. The van der Waals surface area contributed by atoms with Crippen molar-refractivity contribution in [3.63, 3.8) is 0 Å². The minimum atomic E-state index is -0.628. The van der Waals surface area contributed by atoms with Crippen LogP contribution in [0.4, 0.5) is 0 Å². The number of hydrogen-bond acceptors (Lipinski definition) is 7. The molecule has 9 nitrogen and oxygen atoms in total. The predicted molar refractivity (Wildman–Crippen MR) is 181 cm³/mol. The number of hydrogen-bond donors (Lipinski definition) is 3. The topological polar surface area (TPSA) is 110 Å². The number of nitrogens with one attached hydrogen (secondary N) is 3. The number of carbonyl (C=O) groups excluding carboxylic acids is 2. The molecule has 0 aliphatic carbocycles. The molecule has 3 aromatic rings. The monoisotopic (exact) mass is 796 g/mol. The average Bonchev–Trinajstić information content (AvgIpc) is 2.96. The second-order valence-corrected chi connectivity index (χ2v) is 12.1. The van der Waals surface area contributed by atoms with Crippen LogP contribution in [0.2, 0.25) is 5.02 Å². The molecular weight excluding hydrogens is 771 g/mol. The van der Waals surface area contributed by atoms with Crippen LogP contribution in [0.5, 0.6) is 11.5 Å². The quantitative estimate of drug-likeness (QED) is 0.0696. The molecule has 43 heavy (non-hydrogen) atoms. The third-order valence-electron chi connectivity index (χ3n) is 6.07. The van der Waals surface area contributed by atoms with Crippen molar-refractivity contribution in [1.29, 1.82) is 0 Å². The van der Waals surface area contributed by atoms with Gasteiger partial charge in [-0.2, -0.15) is 5.10 Å². The molecule has 0 radical (unpaired) electrons. The number of esters is 1. The fourth-order valence-corrected chi connectivity index (χ4v) is 5.76. The molecule has 1 aliphatic rings. The zero-order valence-electron chi connectivity index (χ0n) is 23.1. The van der Waals surface area contributed by atoms with Gasteiger partial charge in [-0.1, -0.05) is 41.9 Å². The SMILES string of the molecule is CCOC(=O)C1=C(C)NC(=S)N[C@H]1c1ccccc1OCC(=O)NN=Cc1cc(Cl)c(OCc2ccc(I)cc2)c(Br)c1. The maximum Gasteiger partial charge on any atom is 0.338 e. The van der Waals surface area contributed by atoms with Gasteiger partial charge in [0.1, 0.15) is 12.4 Å². The van der Waals surface area contributed by atoms with E-state index in [1.807, 2.05) is 24.3 Å². The van der Waals surface area contributed by atoms with Crippen molar-refractivity contribution in [2.24, 2.45) is 5.10 Å². The lowest BCUT2D eigenvalue weighted by molar-refractivity contribution is -0.139. The van der Waals surface area contributed by atoms with Crippen LogP contribution in [0.15, 0.2) is 81.5 Å². The second kappa shape index (κ2) is 15.5. The molecule has 0 unspecified atom stereocenters. The molecule has 0 bridgehead atoms. The molecule has 0 fully saturated rings. The Bertz CT molecular complexity index is 1560. The van der Waals surface area contributed by atoms with E-state index in [1.165, 1.54) is 6.21 Å². The number of nitrogens with zero attached hydrogens (tertiary/aromatic N) is 1. The molecule has 3 aromatic carbocycles. The van der Waals surface area contributed by atoms with Gasteiger partial charge in [0.25, 0.3) is 5.91 Å². The van der Waals surface area contributed by atoms with Crippen LogP contribution in [-0.2, 0) is 20.9 Å². The highest BCUT2D eigenvalue weighted by molar-refractivity contribution is 14.1. The molecule has 1 heterocycles. The Morgan fingerprint density at radius 1 is 1.16 bits per heavy atom. The molecular formula is C30H27BrClIN4O5S. The van der Waals surface area contributed by atoms with E-state index in [0.29, 0.717) is 55.1 Å². The van der Waals surface area contributed by atoms with Gasteiger partial charge in [-0.15, -0.1) is 0 Å². The van der Waals surface area contributed by atoms with Crippen molar-refractivity contribution in [3.8, 4) is 11.5 Å². The number of hydrazone groups is 1. The molecule has 0 aromatic heterocycles. The van der Waals surface area contributed by atoms with Gasteiger partial charge in [0, 0.05) is 14.8 Å². The number of allylic oxidation sites excluding steroid dienone is 1. The number of ether oxygens (including phenoxy) is 3.